The second-order valence-electron chi connectivity index (χ2n) is 3.77. The van der Waals surface area contributed by atoms with Gasteiger partial charge in [0.25, 0.3) is 0 Å². The molecule has 1 atom stereocenters. The van der Waals surface area contributed by atoms with Gasteiger partial charge in [-0.05, 0) is 6.42 Å². The first-order chi connectivity index (χ1) is 7.35. The van der Waals surface area contributed by atoms with E-state index in [1.807, 2.05) is 6.92 Å². The zero-order valence-electron chi connectivity index (χ0n) is 9.82. The summed E-state index contributed by atoms with van der Waals surface area (Å²) in [6.07, 6.45) is 3.12. The molecule has 0 aliphatic rings. The van der Waals surface area contributed by atoms with Crippen molar-refractivity contribution in [3.63, 3.8) is 0 Å². The molecular formula is C9H21N3O3S. The van der Waals surface area contributed by atoms with Gasteiger partial charge in [0.1, 0.15) is 0 Å². The Morgan fingerprint density at radius 2 is 2.00 bits per heavy atom. The average molecular weight is 251 g/mol. The predicted molar refractivity (Wildman–Crippen MR) is 63.4 cm³/mol. The maximum Gasteiger partial charge on any atom is 0.221 e. The third kappa shape index (κ3) is 9.88. The molecule has 7 heteroatoms. The number of hydrogen-bond donors (Lipinski definition) is 3. The van der Waals surface area contributed by atoms with Crippen molar-refractivity contribution in [3.8, 4) is 0 Å². The lowest BCUT2D eigenvalue weighted by molar-refractivity contribution is -0.121. The number of hydrogen-bond acceptors (Lipinski definition) is 4. The van der Waals surface area contributed by atoms with Crippen LogP contribution in [0.15, 0.2) is 0 Å². The van der Waals surface area contributed by atoms with Crippen molar-refractivity contribution in [1.82, 2.24) is 10.0 Å². The van der Waals surface area contributed by atoms with Crippen LogP contribution in [-0.2, 0) is 14.8 Å². The van der Waals surface area contributed by atoms with E-state index in [1.165, 1.54) is 0 Å². The van der Waals surface area contributed by atoms with Crippen molar-refractivity contribution < 1.29 is 13.2 Å². The summed E-state index contributed by atoms with van der Waals surface area (Å²) < 4.78 is 23.7. The third-order valence-electron chi connectivity index (χ3n) is 1.92. The lowest BCUT2D eigenvalue weighted by Gasteiger charge is -2.10. The Labute approximate surface area is 97.0 Å². The van der Waals surface area contributed by atoms with Gasteiger partial charge in [-0.3, -0.25) is 4.79 Å². The van der Waals surface area contributed by atoms with Crippen LogP contribution in [0, 0.1) is 0 Å². The fourth-order valence-electron chi connectivity index (χ4n) is 1.22. The quantitative estimate of drug-likeness (QED) is 0.490. The molecule has 0 aliphatic heterocycles. The number of nitrogens with one attached hydrogen (secondary N) is 2. The van der Waals surface area contributed by atoms with Crippen molar-refractivity contribution in [1.29, 1.82) is 0 Å². The first-order valence-electron chi connectivity index (χ1n) is 5.32. The Kier molecular flexibility index (Phi) is 7.27. The molecule has 6 nitrogen and oxygen atoms in total. The molecule has 0 saturated carbocycles. The van der Waals surface area contributed by atoms with Crippen molar-refractivity contribution in [3.05, 3.63) is 0 Å². The van der Waals surface area contributed by atoms with Crippen LogP contribution in [0.25, 0.3) is 0 Å². The average Bonchev–Trinajstić information content (AvgIpc) is 2.11. The predicted octanol–water partition coefficient (Wildman–Crippen LogP) is -0.831. The highest BCUT2D eigenvalue weighted by molar-refractivity contribution is 7.88. The summed E-state index contributed by atoms with van der Waals surface area (Å²) in [5, 5.41) is 2.60. The van der Waals surface area contributed by atoms with Gasteiger partial charge in [-0.25, -0.2) is 13.1 Å². The van der Waals surface area contributed by atoms with Crippen LogP contribution in [0.2, 0.25) is 0 Å². The molecule has 1 unspecified atom stereocenters. The Hall–Kier alpha value is -0.660. The molecule has 0 bridgehead atoms. The molecule has 0 aromatic rings. The minimum atomic E-state index is -3.18. The van der Waals surface area contributed by atoms with Crippen molar-refractivity contribution in [2.45, 2.75) is 32.2 Å². The van der Waals surface area contributed by atoms with E-state index in [0.29, 0.717) is 0 Å². The molecule has 1 amide bonds. The van der Waals surface area contributed by atoms with Crippen LogP contribution in [0.1, 0.15) is 26.2 Å². The van der Waals surface area contributed by atoms with Gasteiger partial charge >= 0.3 is 0 Å². The van der Waals surface area contributed by atoms with E-state index in [4.69, 9.17) is 5.73 Å². The number of carbonyl (C=O) groups excluding carboxylic acids is 1. The van der Waals surface area contributed by atoms with Crippen LogP contribution in [-0.4, -0.2) is 39.7 Å². The summed E-state index contributed by atoms with van der Waals surface area (Å²) in [7, 11) is -3.18. The van der Waals surface area contributed by atoms with Crippen LogP contribution in [0.3, 0.4) is 0 Å². The first-order valence-corrected chi connectivity index (χ1v) is 7.21. The zero-order valence-corrected chi connectivity index (χ0v) is 10.6. The molecule has 0 rings (SSSR count). The molecule has 0 saturated heterocycles. The van der Waals surface area contributed by atoms with Gasteiger partial charge in [-0.15, -0.1) is 0 Å². The van der Waals surface area contributed by atoms with Crippen molar-refractivity contribution in [2.75, 3.05) is 19.3 Å². The zero-order chi connectivity index (χ0) is 12.6. The van der Waals surface area contributed by atoms with Gasteiger partial charge in [-0.2, -0.15) is 0 Å². The number of sulfonamides is 1. The van der Waals surface area contributed by atoms with E-state index in [-0.39, 0.29) is 31.5 Å². The SMILES string of the molecule is CCCC(N)CC(=O)NCCNS(C)(=O)=O. The van der Waals surface area contributed by atoms with E-state index >= 15 is 0 Å². The van der Waals surface area contributed by atoms with Gasteiger partial charge in [0.2, 0.25) is 15.9 Å². The van der Waals surface area contributed by atoms with E-state index in [1.54, 1.807) is 0 Å². The Morgan fingerprint density at radius 1 is 1.38 bits per heavy atom. The highest BCUT2D eigenvalue weighted by Crippen LogP contribution is 1.97. The maximum absolute atomic E-state index is 11.3. The van der Waals surface area contributed by atoms with Gasteiger partial charge < -0.3 is 11.1 Å². The monoisotopic (exact) mass is 251 g/mol. The summed E-state index contributed by atoms with van der Waals surface area (Å²) in [5.41, 5.74) is 5.69. The molecule has 4 N–H and O–H groups in total. The van der Waals surface area contributed by atoms with Crippen molar-refractivity contribution in [2.24, 2.45) is 5.73 Å². The molecule has 0 aliphatic carbocycles. The summed E-state index contributed by atoms with van der Waals surface area (Å²) in [4.78, 5) is 11.3. The first kappa shape index (κ1) is 15.3. The molecular weight excluding hydrogens is 230 g/mol. The Bertz CT molecular complexity index is 303. The van der Waals surface area contributed by atoms with Gasteiger partial charge in [-0.1, -0.05) is 13.3 Å². The normalized spacial score (nSPS) is 13.4. The molecule has 0 spiro atoms. The number of rotatable bonds is 8. The van der Waals surface area contributed by atoms with Crippen LogP contribution < -0.4 is 15.8 Å². The molecule has 0 radical (unpaired) electrons. The summed E-state index contributed by atoms with van der Waals surface area (Å²) in [6.45, 7) is 2.49. The van der Waals surface area contributed by atoms with E-state index in [0.717, 1.165) is 19.1 Å². The lowest BCUT2D eigenvalue weighted by Crippen LogP contribution is -2.36. The minimum absolute atomic E-state index is 0.118. The molecule has 0 fully saturated rings. The van der Waals surface area contributed by atoms with E-state index in [2.05, 4.69) is 10.0 Å². The summed E-state index contributed by atoms with van der Waals surface area (Å²) >= 11 is 0. The highest BCUT2D eigenvalue weighted by atomic mass is 32.2. The molecule has 96 valence electrons. The second kappa shape index (κ2) is 7.59. The molecule has 0 heterocycles. The molecule has 0 aromatic heterocycles. The fourth-order valence-corrected chi connectivity index (χ4v) is 1.69. The number of carbonyl (C=O) groups is 1. The van der Waals surface area contributed by atoms with Crippen LogP contribution in [0.4, 0.5) is 0 Å². The molecule has 16 heavy (non-hydrogen) atoms. The van der Waals surface area contributed by atoms with E-state index < -0.39 is 10.0 Å². The smallest absolute Gasteiger partial charge is 0.221 e. The maximum atomic E-state index is 11.3. The van der Waals surface area contributed by atoms with Crippen molar-refractivity contribution >= 4 is 15.9 Å². The number of amides is 1. The number of nitrogens with two attached hydrogens (primary N) is 1. The summed E-state index contributed by atoms with van der Waals surface area (Å²) in [6, 6.07) is -0.118. The van der Waals surface area contributed by atoms with Gasteiger partial charge in [0.05, 0.1) is 6.26 Å². The van der Waals surface area contributed by atoms with Crippen LogP contribution >= 0.6 is 0 Å². The standard InChI is InChI=1S/C9H21N3O3S/c1-3-4-8(10)7-9(13)11-5-6-12-16(2,14)15/h8,12H,3-7,10H2,1-2H3,(H,11,13). The second-order valence-corrected chi connectivity index (χ2v) is 5.60. The van der Waals surface area contributed by atoms with E-state index in [9.17, 15) is 13.2 Å². The Morgan fingerprint density at radius 3 is 2.50 bits per heavy atom. The lowest BCUT2D eigenvalue weighted by atomic mass is 10.1. The van der Waals surface area contributed by atoms with Gasteiger partial charge in [0.15, 0.2) is 0 Å². The summed E-state index contributed by atoms with van der Waals surface area (Å²) in [5.74, 6) is -0.142. The largest absolute Gasteiger partial charge is 0.355 e. The third-order valence-corrected chi connectivity index (χ3v) is 2.65. The van der Waals surface area contributed by atoms with Gasteiger partial charge in [0, 0.05) is 25.6 Å². The fraction of sp³-hybridized carbons (Fsp3) is 0.889. The topological polar surface area (TPSA) is 101 Å². The van der Waals surface area contributed by atoms with Crippen LogP contribution in [0.5, 0.6) is 0 Å². The molecule has 0 aromatic carbocycles. The minimum Gasteiger partial charge on any atom is -0.355 e. The highest BCUT2D eigenvalue weighted by Gasteiger charge is 2.08. The Balaban J connectivity index is 3.59.